The summed E-state index contributed by atoms with van der Waals surface area (Å²) in [7, 11) is 0. The van der Waals surface area contributed by atoms with Crippen LogP contribution >= 0.6 is 0 Å². The molecule has 2 N–H and O–H groups in total. The van der Waals surface area contributed by atoms with Crippen molar-refractivity contribution in [3.05, 3.63) is 64.7 Å². The van der Waals surface area contributed by atoms with Gasteiger partial charge in [-0.05, 0) is 83.2 Å². The first-order valence-corrected chi connectivity index (χ1v) is 12.1. The molecule has 2 aromatic rings. The number of ether oxygens (including phenoxy) is 1. The lowest BCUT2D eigenvalue weighted by atomic mass is 9.97. The number of anilines is 1. The second-order valence-corrected chi connectivity index (χ2v) is 9.96. The topological polar surface area (TPSA) is 87.7 Å². The number of nitrogens with one attached hydrogen (secondary N) is 2. The van der Waals surface area contributed by atoms with Crippen molar-refractivity contribution in [2.75, 3.05) is 11.9 Å². The lowest BCUT2D eigenvalue weighted by Gasteiger charge is -2.36. The van der Waals surface area contributed by atoms with Gasteiger partial charge in [0.15, 0.2) is 0 Å². The van der Waals surface area contributed by atoms with Gasteiger partial charge in [-0.1, -0.05) is 43.3 Å². The van der Waals surface area contributed by atoms with Gasteiger partial charge in [-0.3, -0.25) is 9.59 Å². The van der Waals surface area contributed by atoms with Crippen LogP contribution in [0.5, 0.6) is 0 Å². The van der Waals surface area contributed by atoms with Crippen molar-refractivity contribution in [1.29, 1.82) is 0 Å². The van der Waals surface area contributed by atoms with Gasteiger partial charge in [-0.2, -0.15) is 0 Å². The van der Waals surface area contributed by atoms with E-state index >= 15 is 0 Å². The Balaban J connectivity index is 2.44. The van der Waals surface area contributed by atoms with Crippen LogP contribution in [0, 0.1) is 20.8 Å². The second kappa shape index (κ2) is 11.9. The smallest absolute Gasteiger partial charge is 0.408 e. The van der Waals surface area contributed by atoms with Gasteiger partial charge in [-0.25, -0.2) is 4.79 Å². The van der Waals surface area contributed by atoms with Crippen LogP contribution in [0.1, 0.15) is 69.3 Å². The molecular formula is C28H39N3O4. The van der Waals surface area contributed by atoms with Crippen LogP contribution in [-0.4, -0.2) is 41.0 Å². The second-order valence-electron chi connectivity index (χ2n) is 9.96. The molecule has 0 saturated heterocycles. The molecule has 0 heterocycles. The highest BCUT2D eigenvalue weighted by Crippen LogP contribution is 2.28. The molecule has 2 atom stereocenters. The van der Waals surface area contributed by atoms with Gasteiger partial charge in [0.1, 0.15) is 18.2 Å². The standard InChI is InChI=1S/C28H39N3O4/c1-9-21(5)31(24(32)17-29-27(34)35-28(6,7)8)25(22-15-14-18(2)20(4)16-22)26(33)30-23-13-11-10-12-19(23)3/h10-16,21,25H,9,17H2,1-8H3,(H,29,34)(H,30,33). The predicted octanol–water partition coefficient (Wildman–Crippen LogP) is 5.44. The molecule has 0 aliphatic carbocycles. The third-order valence-corrected chi connectivity index (χ3v) is 5.91. The maximum atomic E-state index is 13.7. The molecule has 3 amide bonds. The first kappa shape index (κ1) is 27.9. The molecule has 0 aromatic heterocycles. The zero-order chi connectivity index (χ0) is 26.3. The molecule has 2 rings (SSSR count). The minimum absolute atomic E-state index is 0.253. The fourth-order valence-corrected chi connectivity index (χ4v) is 3.68. The number of hydrogen-bond acceptors (Lipinski definition) is 4. The molecule has 190 valence electrons. The van der Waals surface area contributed by atoms with Crippen molar-refractivity contribution in [3.8, 4) is 0 Å². The Morgan fingerprint density at radius 1 is 0.971 bits per heavy atom. The Bertz CT molecular complexity index is 1060. The Morgan fingerprint density at radius 3 is 2.20 bits per heavy atom. The molecular weight excluding hydrogens is 442 g/mol. The molecule has 0 fully saturated rings. The van der Waals surface area contributed by atoms with E-state index in [1.165, 1.54) is 0 Å². The molecule has 0 aliphatic rings. The van der Waals surface area contributed by atoms with Gasteiger partial charge < -0.3 is 20.3 Å². The summed E-state index contributed by atoms with van der Waals surface area (Å²) in [5.74, 6) is -0.679. The maximum Gasteiger partial charge on any atom is 0.408 e. The van der Waals surface area contributed by atoms with E-state index in [-0.39, 0.29) is 24.4 Å². The minimum atomic E-state index is -0.878. The average Bonchev–Trinajstić information content (AvgIpc) is 2.77. The Kier molecular flexibility index (Phi) is 9.46. The van der Waals surface area contributed by atoms with Crippen LogP contribution < -0.4 is 10.6 Å². The van der Waals surface area contributed by atoms with E-state index in [4.69, 9.17) is 4.74 Å². The molecule has 7 heteroatoms. The average molecular weight is 482 g/mol. The van der Waals surface area contributed by atoms with E-state index in [0.29, 0.717) is 17.7 Å². The summed E-state index contributed by atoms with van der Waals surface area (Å²) in [6, 6.07) is 12.2. The number of carbonyl (C=O) groups excluding carboxylic acids is 3. The first-order valence-electron chi connectivity index (χ1n) is 12.1. The van der Waals surface area contributed by atoms with E-state index in [2.05, 4.69) is 10.6 Å². The summed E-state index contributed by atoms with van der Waals surface area (Å²) < 4.78 is 5.27. The number of alkyl carbamates (subject to hydrolysis) is 1. The van der Waals surface area contributed by atoms with E-state index < -0.39 is 17.7 Å². The highest BCUT2D eigenvalue weighted by molar-refractivity contribution is 5.99. The highest BCUT2D eigenvalue weighted by Gasteiger charge is 2.35. The Hall–Kier alpha value is -3.35. The monoisotopic (exact) mass is 481 g/mol. The largest absolute Gasteiger partial charge is 0.444 e. The SMILES string of the molecule is CCC(C)N(C(=O)CNC(=O)OC(C)(C)C)C(C(=O)Nc1ccccc1C)c1ccc(C)c(C)c1. The Morgan fingerprint density at radius 2 is 1.63 bits per heavy atom. The number of hydrogen-bond donors (Lipinski definition) is 2. The van der Waals surface area contributed by atoms with Gasteiger partial charge in [0.2, 0.25) is 5.91 Å². The van der Waals surface area contributed by atoms with Gasteiger partial charge >= 0.3 is 6.09 Å². The number of para-hydroxylation sites is 1. The summed E-state index contributed by atoms with van der Waals surface area (Å²) >= 11 is 0. The molecule has 0 radical (unpaired) electrons. The molecule has 7 nitrogen and oxygen atoms in total. The molecule has 35 heavy (non-hydrogen) atoms. The molecule has 0 bridgehead atoms. The van der Waals surface area contributed by atoms with Crippen LogP contribution in [0.2, 0.25) is 0 Å². The van der Waals surface area contributed by atoms with E-state index in [9.17, 15) is 14.4 Å². The number of rotatable bonds is 8. The molecule has 0 saturated carbocycles. The maximum absolute atomic E-state index is 13.7. The third kappa shape index (κ3) is 7.84. The highest BCUT2D eigenvalue weighted by atomic mass is 16.6. The molecule has 0 aliphatic heterocycles. The summed E-state index contributed by atoms with van der Waals surface area (Å²) in [4.78, 5) is 41.0. The molecule has 2 unspecified atom stereocenters. The summed E-state index contributed by atoms with van der Waals surface area (Å²) in [6.07, 6.45) is -0.0426. The Labute approximate surface area is 209 Å². The number of aryl methyl sites for hydroxylation is 3. The van der Waals surface area contributed by atoms with Crippen molar-refractivity contribution >= 4 is 23.6 Å². The van der Waals surface area contributed by atoms with Crippen molar-refractivity contribution < 1.29 is 19.1 Å². The van der Waals surface area contributed by atoms with Crippen molar-refractivity contribution in [1.82, 2.24) is 10.2 Å². The van der Waals surface area contributed by atoms with E-state index in [0.717, 1.165) is 16.7 Å². The van der Waals surface area contributed by atoms with Crippen molar-refractivity contribution in [2.45, 2.75) is 79.5 Å². The fourth-order valence-electron chi connectivity index (χ4n) is 3.68. The summed E-state index contributed by atoms with van der Waals surface area (Å²) in [6.45, 7) is 14.8. The lowest BCUT2D eigenvalue weighted by molar-refractivity contribution is -0.140. The zero-order valence-corrected chi connectivity index (χ0v) is 22.2. The summed E-state index contributed by atoms with van der Waals surface area (Å²) in [5, 5.41) is 5.55. The van der Waals surface area contributed by atoms with Crippen LogP contribution in [-0.2, 0) is 14.3 Å². The van der Waals surface area contributed by atoms with Crippen LogP contribution in [0.4, 0.5) is 10.5 Å². The first-order chi connectivity index (χ1) is 16.3. The quantitative estimate of drug-likeness (QED) is 0.525. The number of nitrogens with zero attached hydrogens (tertiary/aromatic N) is 1. The number of amides is 3. The van der Waals surface area contributed by atoms with E-state index in [1.54, 1.807) is 25.7 Å². The molecule has 0 spiro atoms. The number of benzene rings is 2. The van der Waals surface area contributed by atoms with Gasteiger partial charge in [0.05, 0.1) is 0 Å². The van der Waals surface area contributed by atoms with Crippen LogP contribution in [0.25, 0.3) is 0 Å². The zero-order valence-electron chi connectivity index (χ0n) is 22.2. The fraction of sp³-hybridized carbons (Fsp3) is 0.464. The third-order valence-electron chi connectivity index (χ3n) is 5.91. The molecule has 2 aromatic carbocycles. The number of carbonyl (C=O) groups is 3. The lowest BCUT2D eigenvalue weighted by Crippen LogP contribution is -2.50. The van der Waals surface area contributed by atoms with Crippen LogP contribution in [0.15, 0.2) is 42.5 Å². The normalized spacial score (nSPS) is 12.9. The van der Waals surface area contributed by atoms with Crippen molar-refractivity contribution in [2.24, 2.45) is 0 Å². The van der Waals surface area contributed by atoms with Gasteiger partial charge in [0, 0.05) is 11.7 Å². The van der Waals surface area contributed by atoms with Crippen molar-refractivity contribution in [3.63, 3.8) is 0 Å². The van der Waals surface area contributed by atoms with Crippen LogP contribution in [0.3, 0.4) is 0 Å². The van der Waals surface area contributed by atoms with Gasteiger partial charge in [-0.15, -0.1) is 0 Å². The summed E-state index contributed by atoms with van der Waals surface area (Å²) in [5.41, 5.74) is 3.77. The minimum Gasteiger partial charge on any atom is -0.444 e. The van der Waals surface area contributed by atoms with E-state index in [1.807, 2.05) is 77.1 Å². The van der Waals surface area contributed by atoms with Gasteiger partial charge in [0.25, 0.3) is 5.91 Å². The predicted molar refractivity (Wildman–Crippen MR) is 139 cm³/mol.